The second-order valence-corrected chi connectivity index (χ2v) is 12.1. The number of anilines is 1. The zero-order chi connectivity index (χ0) is 25.6. The van der Waals surface area contributed by atoms with E-state index in [2.05, 4.69) is 16.8 Å². The monoisotopic (exact) mass is 529 g/mol. The zero-order valence-electron chi connectivity index (χ0n) is 20.8. The third-order valence-electron chi connectivity index (χ3n) is 7.49. The molecule has 2 aromatic carbocycles. The number of benzene rings is 2. The van der Waals surface area contributed by atoms with E-state index in [9.17, 15) is 13.2 Å². The van der Waals surface area contributed by atoms with Crippen molar-refractivity contribution in [3.8, 4) is 0 Å². The highest BCUT2D eigenvalue weighted by Gasteiger charge is 2.38. The van der Waals surface area contributed by atoms with Gasteiger partial charge in [0, 0.05) is 17.6 Å². The van der Waals surface area contributed by atoms with Crippen molar-refractivity contribution in [3.63, 3.8) is 0 Å². The number of halogens is 1. The van der Waals surface area contributed by atoms with Crippen LogP contribution in [-0.2, 0) is 10.0 Å². The Hall–Kier alpha value is -2.35. The lowest BCUT2D eigenvalue weighted by molar-refractivity contribution is 0.0326. The number of nitrogens with zero attached hydrogens (tertiary/aromatic N) is 2. The highest BCUT2D eigenvalue weighted by atomic mass is 35.5. The summed E-state index contributed by atoms with van der Waals surface area (Å²) in [6.45, 7) is 6.52. The van der Waals surface area contributed by atoms with Crippen LogP contribution in [0.15, 0.2) is 66.1 Å². The number of likely N-dealkylation sites (tertiary alicyclic amines) is 1. The quantitative estimate of drug-likeness (QED) is 0.427. The van der Waals surface area contributed by atoms with Crippen LogP contribution in [0.2, 0.25) is 5.02 Å². The lowest BCUT2D eigenvalue weighted by Crippen LogP contribution is -2.58. The second-order valence-electron chi connectivity index (χ2n) is 9.82. The summed E-state index contributed by atoms with van der Waals surface area (Å²) >= 11 is 6.37. The summed E-state index contributed by atoms with van der Waals surface area (Å²) in [5, 5.41) is 3.22. The molecule has 1 saturated heterocycles. The van der Waals surface area contributed by atoms with Gasteiger partial charge in [-0.3, -0.25) is 14.0 Å². The molecular weight excluding hydrogens is 494 g/mol. The predicted octanol–water partition coefficient (Wildman–Crippen LogP) is 5.64. The molecular formula is C28H36ClN3O3S. The first-order valence-electron chi connectivity index (χ1n) is 12.9. The van der Waals surface area contributed by atoms with E-state index in [0.29, 0.717) is 12.2 Å². The van der Waals surface area contributed by atoms with Gasteiger partial charge in [0.05, 0.1) is 17.3 Å². The van der Waals surface area contributed by atoms with E-state index in [1.165, 1.54) is 61.0 Å². The van der Waals surface area contributed by atoms with Crippen LogP contribution < -0.4 is 9.62 Å². The molecule has 1 aliphatic heterocycles. The van der Waals surface area contributed by atoms with Crippen molar-refractivity contribution < 1.29 is 13.2 Å². The summed E-state index contributed by atoms with van der Waals surface area (Å²) in [6, 6.07) is 13.3. The molecule has 8 heteroatoms. The van der Waals surface area contributed by atoms with E-state index in [1.807, 2.05) is 6.07 Å². The number of amides is 1. The van der Waals surface area contributed by atoms with Gasteiger partial charge in [-0.15, -0.1) is 6.58 Å². The zero-order valence-corrected chi connectivity index (χ0v) is 22.4. The van der Waals surface area contributed by atoms with Crippen LogP contribution >= 0.6 is 11.6 Å². The van der Waals surface area contributed by atoms with Gasteiger partial charge in [-0.2, -0.15) is 0 Å². The first-order chi connectivity index (χ1) is 17.4. The van der Waals surface area contributed by atoms with Crippen LogP contribution in [0.4, 0.5) is 5.69 Å². The number of nitrogens with one attached hydrogen (secondary N) is 1. The van der Waals surface area contributed by atoms with Crippen molar-refractivity contribution in [2.45, 2.75) is 61.8 Å². The maximum atomic E-state index is 13.6. The molecule has 4 rings (SSSR count). The molecule has 2 fully saturated rings. The second kappa shape index (κ2) is 11.8. The van der Waals surface area contributed by atoms with Crippen molar-refractivity contribution in [2.75, 3.05) is 30.5 Å². The van der Waals surface area contributed by atoms with Gasteiger partial charge in [-0.25, -0.2) is 8.42 Å². The summed E-state index contributed by atoms with van der Waals surface area (Å²) in [7, 11) is -4.03. The summed E-state index contributed by atoms with van der Waals surface area (Å²) in [5.41, 5.74) is 0.780. The van der Waals surface area contributed by atoms with E-state index in [0.717, 1.165) is 25.9 Å². The topological polar surface area (TPSA) is 69.7 Å². The molecule has 0 radical (unpaired) electrons. The lowest BCUT2D eigenvalue weighted by atomic mass is 9.79. The number of rotatable bonds is 9. The van der Waals surface area contributed by atoms with Gasteiger partial charge in [-0.1, -0.05) is 61.6 Å². The Morgan fingerprint density at radius 1 is 1.03 bits per heavy atom. The molecule has 1 amide bonds. The molecule has 1 N–H and O–H groups in total. The van der Waals surface area contributed by atoms with Gasteiger partial charge >= 0.3 is 0 Å². The highest BCUT2D eigenvalue weighted by molar-refractivity contribution is 7.93. The maximum Gasteiger partial charge on any atom is 0.266 e. The Morgan fingerprint density at radius 3 is 2.36 bits per heavy atom. The first kappa shape index (κ1) is 26.7. The standard InChI is InChI=1S/C28H36ClN3O3S/c1-2-18-32(24-12-6-3-7-13-24)36(34,35)26-21-23(14-15-25(26)29)27(33)30-22-28(16-8-4-9-17-28)31-19-10-5-11-20-31/h2-3,6-7,12-15,21H,1,4-5,8-11,16-20,22H2,(H,30,33). The number of hydrogen-bond donors (Lipinski definition) is 1. The van der Waals surface area contributed by atoms with Gasteiger partial charge in [0.15, 0.2) is 0 Å². The molecule has 0 bridgehead atoms. The van der Waals surface area contributed by atoms with Crippen molar-refractivity contribution in [3.05, 3.63) is 71.8 Å². The van der Waals surface area contributed by atoms with Crippen LogP contribution in [0.1, 0.15) is 61.7 Å². The summed E-state index contributed by atoms with van der Waals surface area (Å²) in [6.07, 6.45) is 11.0. The molecule has 2 aromatic rings. The molecule has 6 nitrogen and oxygen atoms in total. The fraction of sp³-hybridized carbons (Fsp3) is 0.464. The smallest absolute Gasteiger partial charge is 0.266 e. The summed E-state index contributed by atoms with van der Waals surface area (Å²) < 4.78 is 28.5. The highest BCUT2D eigenvalue weighted by Crippen LogP contribution is 2.35. The number of carbonyl (C=O) groups is 1. The number of para-hydroxylation sites is 1. The number of carbonyl (C=O) groups excluding carboxylic acids is 1. The predicted molar refractivity (Wildman–Crippen MR) is 146 cm³/mol. The van der Waals surface area contributed by atoms with Gasteiger partial charge in [0.1, 0.15) is 4.90 Å². The van der Waals surface area contributed by atoms with Gasteiger partial charge in [-0.05, 0) is 69.1 Å². The molecule has 1 aliphatic carbocycles. The summed E-state index contributed by atoms with van der Waals surface area (Å²) in [5.74, 6) is -0.278. The van der Waals surface area contributed by atoms with Crippen LogP contribution in [0, 0.1) is 0 Å². The van der Waals surface area contributed by atoms with E-state index in [4.69, 9.17) is 11.6 Å². The average Bonchev–Trinajstić information content (AvgIpc) is 2.92. The number of hydrogen-bond acceptors (Lipinski definition) is 4. The Labute approximate surface area is 220 Å². The van der Waals surface area contributed by atoms with Crippen molar-refractivity contribution >= 4 is 33.2 Å². The largest absolute Gasteiger partial charge is 0.350 e. The minimum absolute atomic E-state index is 0.0102. The van der Waals surface area contributed by atoms with E-state index >= 15 is 0 Å². The fourth-order valence-corrected chi connectivity index (χ4v) is 7.48. The van der Waals surface area contributed by atoms with Crippen molar-refractivity contribution in [1.29, 1.82) is 0 Å². The first-order valence-corrected chi connectivity index (χ1v) is 14.7. The summed E-state index contributed by atoms with van der Waals surface area (Å²) in [4.78, 5) is 15.8. The van der Waals surface area contributed by atoms with Gasteiger partial charge in [0.2, 0.25) is 0 Å². The molecule has 0 aromatic heterocycles. The van der Waals surface area contributed by atoms with Gasteiger partial charge in [0.25, 0.3) is 15.9 Å². The average molecular weight is 530 g/mol. The third kappa shape index (κ3) is 5.79. The van der Waals surface area contributed by atoms with Crippen molar-refractivity contribution in [1.82, 2.24) is 10.2 Å². The van der Waals surface area contributed by atoms with E-state index in [1.54, 1.807) is 30.3 Å². The molecule has 0 unspecified atom stereocenters. The van der Waals surface area contributed by atoms with Gasteiger partial charge < -0.3 is 5.32 Å². The molecule has 194 valence electrons. The Morgan fingerprint density at radius 2 is 1.69 bits per heavy atom. The molecule has 36 heavy (non-hydrogen) atoms. The maximum absolute atomic E-state index is 13.6. The minimum atomic E-state index is -4.03. The normalized spacial score (nSPS) is 18.4. The van der Waals surface area contributed by atoms with Crippen LogP contribution in [0.3, 0.4) is 0 Å². The molecule has 2 aliphatic rings. The molecule has 0 spiro atoms. The molecule has 1 saturated carbocycles. The third-order valence-corrected chi connectivity index (χ3v) is 9.77. The lowest BCUT2D eigenvalue weighted by Gasteiger charge is -2.48. The van der Waals surface area contributed by atoms with Crippen LogP contribution in [0.5, 0.6) is 0 Å². The SMILES string of the molecule is C=CCN(c1ccccc1)S(=O)(=O)c1cc(C(=O)NCC2(N3CCCCC3)CCCCC2)ccc1Cl. The Kier molecular flexibility index (Phi) is 8.75. The van der Waals surface area contributed by atoms with Crippen molar-refractivity contribution in [2.24, 2.45) is 0 Å². The molecule has 1 heterocycles. The Bertz CT molecular complexity index is 1160. The Balaban J connectivity index is 1.57. The van der Waals surface area contributed by atoms with E-state index in [-0.39, 0.29) is 33.5 Å². The minimum Gasteiger partial charge on any atom is -0.350 e. The number of piperidine rings is 1. The molecule has 0 atom stereocenters. The fourth-order valence-electron chi connectivity index (χ4n) is 5.54. The van der Waals surface area contributed by atoms with Crippen LogP contribution in [0.25, 0.3) is 0 Å². The number of sulfonamides is 1. The van der Waals surface area contributed by atoms with E-state index < -0.39 is 10.0 Å². The van der Waals surface area contributed by atoms with Crippen LogP contribution in [-0.4, -0.2) is 50.9 Å².